The van der Waals surface area contributed by atoms with E-state index >= 15 is 0 Å². The van der Waals surface area contributed by atoms with Gasteiger partial charge in [0.15, 0.2) is 0 Å². The van der Waals surface area contributed by atoms with Crippen molar-refractivity contribution in [1.29, 1.82) is 0 Å². The van der Waals surface area contributed by atoms with Gasteiger partial charge in [0.25, 0.3) is 0 Å². The van der Waals surface area contributed by atoms with Crippen LogP contribution in [-0.4, -0.2) is 40.0 Å². The fraction of sp³-hybridized carbons (Fsp3) is 0.529. The standard InChI is InChI=1S/C17H20F3N3O/c18-17(19,20)8-7-16(24)23-9-3-4-12(11-23)10-15-21-13-5-1-2-6-14(13)22-15/h1-2,5-6,12H,3-4,7-11H2,(H,21,22). The highest BCUT2D eigenvalue weighted by atomic mass is 19.4. The molecular formula is C17H20F3N3O. The molecule has 24 heavy (non-hydrogen) atoms. The van der Waals surface area contributed by atoms with E-state index in [4.69, 9.17) is 0 Å². The van der Waals surface area contributed by atoms with E-state index in [-0.39, 0.29) is 5.92 Å². The number of alkyl halides is 3. The van der Waals surface area contributed by atoms with E-state index in [0.29, 0.717) is 19.5 Å². The Morgan fingerprint density at radius 3 is 2.88 bits per heavy atom. The van der Waals surface area contributed by atoms with Gasteiger partial charge in [-0.1, -0.05) is 12.1 Å². The van der Waals surface area contributed by atoms with Crippen molar-refractivity contribution in [2.75, 3.05) is 13.1 Å². The van der Waals surface area contributed by atoms with Gasteiger partial charge in [-0.2, -0.15) is 13.2 Å². The van der Waals surface area contributed by atoms with Gasteiger partial charge in [0.2, 0.25) is 5.91 Å². The molecule has 2 heterocycles. The average molecular weight is 339 g/mol. The van der Waals surface area contributed by atoms with E-state index in [2.05, 4.69) is 9.97 Å². The molecule has 1 unspecified atom stereocenters. The number of H-pyrrole nitrogens is 1. The van der Waals surface area contributed by atoms with Gasteiger partial charge in [0.1, 0.15) is 5.82 Å². The zero-order valence-corrected chi connectivity index (χ0v) is 13.3. The Bertz CT molecular complexity index is 677. The predicted molar refractivity (Wildman–Crippen MR) is 84.4 cm³/mol. The van der Waals surface area contributed by atoms with Crippen LogP contribution < -0.4 is 0 Å². The van der Waals surface area contributed by atoms with E-state index in [9.17, 15) is 18.0 Å². The number of nitrogens with zero attached hydrogens (tertiary/aromatic N) is 2. The van der Waals surface area contributed by atoms with Crippen LogP contribution in [0.25, 0.3) is 11.0 Å². The van der Waals surface area contributed by atoms with Crippen molar-refractivity contribution in [3.05, 3.63) is 30.1 Å². The van der Waals surface area contributed by atoms with Crippen LogP contribution in [0.2, 0.25) is 0 Å². The van der Waals surface area contributed by atoms with Gasteiger partial charge >= 0.3 is 6.18 Å². The van der Waals surface area contributed by atoms with Crippen LogP contribution in [0.1, 0.15) is 31.5 Å². The summed E-state index contributed by atoms with van der Waals surface area (Å²) in [5.74, 6) is 0.696. The van der Waals surface area contributed by atoms with Gasteiger partial charge < -0.3 is 9.88 Å². The zero-order chi connectivity index (χ0) is 17.2. The zero-order valence-electron chi connectivity index (χ0n) is 13.3. The second kappa shape index (κ2) is 6.83. The number of fused-ring (bicyclic) bond motifs is 1. The van der Waals surface area contributed by atoms with Crippen molar-refractivity contribution in [2.24, 2.45) is 5.92 Å². The molecule has 7 heteroatoms. The van der Waals surface area contributed by atoms with E-state index < -0.39 is 24.9 Å². The number of imidazole rings is 1. The fourth-order valence-electron chi connectivity index (χ4n) is 3.24. The quantitative estimate of drug-likeness (QED) is 0.924. The van der Waals surface area contributed by atoms with Crippen molar-refractivity contribution >= 4 is 16.9 Å². The van der Waals surface area contributed by atoms with Crippen LogP contribution in [0.4, 0.5) is 13.2 Å². The van der Waals surface area contributed by atoms with E-state index in [0.717, 1.165) is 29.7 Å². The number of likely N-dealkylation sites (tertiary alicyclic amines) is 1. The highest BCUT2D eigenvalue weighted by molar-refractivity contribution is 5.76. The maximum Gasteiger partial charge on any atom is 0.389 e. The van der Waals surface area contributed by atoms with Gasteiger partial charge in [-0.15, -0.1) is 0 Å². The molecule has 0 radical (unpaired) electrons. The third kappa shape index (κ3) is 4.27. The minimum absolute atomic E-state index is 0.231. The van der Waals surface area contributed by atoms with E-state index in [1.54, 1.807) is 4.90 Å². The summed E-state index contributed by atoms with van der Waals surface area (Å²) < 4.78 is 36.8. The smallest absolute Gasteiger partial charge is 0.342 e. The Morgan fingerprint density at radius 1 is 1.33 bits per heavy atom. The van der Waals surface area contributed by atoms with Crippen LogP contribution in [-0.2, 0) is 11.2 Å². The number of benzene rings is 1. The number of amides is 1. The Balaban J connectivity index is 1.58. The molecule has 1 aromatic carbocycles. The molecule has 1 atom stereocenters. The second-order valence-corrected chi connectivity index (χ2v) is 6.37. The van der Waals surface area contributed by atoms with Crippen LogP contribution in [0.3, 0.4) is 0 Å². The summed E-state index contributed by atoms with van der Waals surface area (Å²) >= 11 is 0. The highest BCUT2D eigenvalue weighted by Crippen LogP contribution is 2.25. The van der Waals surface area contributed by atoms with Crippen molar-refractivity contribution in [1.82, 2.24) is 14.9 Å². The van der Waals surface area contributed by atoms with Crippen LogP contribution in [0, 0.1) is 5.92 Å². The van der Waals surface area contributed by atoms with Gasteiger partial charge in [-0.25, -0.2) is 4.98 Å². The molecule has 0 saturated carbocycles. The maximum atomic E-state index is 12.3. The number of carbonyl (C=O) groups excluding carboxylic acids is 1. The lowest BCUT2D eigenvalue weighted by Gasteiger charge is -2.32. The molecule has 0 aliphatic carbocycles. The van der Waals surface area contributed by atoms with Crippen molar-refractivity contribution in [3.8, 4) is 0 Å². The fourth-order valence-corrected chi connectivity index (χ4v) is 3.24. The number of carbonyl (C=O) groups is 1. The Hall–Kier alpha value is -2.05. The summed E-state index contributed by atoms with van der Waals surface area (Å²) in [4.78, 5) is 21.4. The van der Waals surface area contributed by atoms with Crippen LogP contribution >= 0.6 is 0 Å². The minimum atomic E-state index is -4.28. The Labute approximate surface area is 138 Å². The number of para-hydroxylation sites is 2. The molecule has 1 amide bonds. The summed E-state index contributed by atoms with van der Waals surface area (Å²) in [6.07, 6.45) is -3.29. The summed E-state index contributed by atoms with van der Waals surface area (Å²) in [6, 6.07) is 7.75. The predicted octanol–water partition coefficient (Wildman–Crippen LogP) is 3.69. The lowest BCUT2D eigenvalue weighted by atomic mass is 9.94. The highest BCUT2D eigenvalue weighted by Gasteiger charge is 2.30. The summed E-state index contributed by atoms with van der Waals surface area (Å²) in [6.45, 7) is 1.06. The molecule has 1 aliphatic rings. The van der Waals surface area contributed by atoms with Crippen molar-refractivity contribution in [2.45, 2.75) is 38.3 Å². The van der Waals surface area contributed by atoms with Crippen LogP contribution in [0.15, 0.2) is 24.3 Å². The topological polar surface area (TPSA) is 49.0 Å². The lowest BCUT2D eigenvalue weighted by Crippen LogP contribution is -2.40. The molecule has 1 fully saturated rings. The Morgan fingerprint density at radius 2 is 2.12 bits per heavy atom. The summed E-state index contributed by atoms with van der Waals surface area (Å²) in [7, 11) is 0. The SMILES string of the molecule is O=C(CCC(F)(F)F)N1CCCC(Cc2nc3ccccc3[nH]2)C1. The molecule has 2 aromatic rings. The average Bonchev–Trinajstić information content (AvgIpc) is 2.94. The van der Waals surface area contributed by atoms with Gasteiger partial charge in [0.05, 0.1) is 17.5 Å². The minimum Gasteiger partial charge on any atom is -0.342 e. The second-order valence-electron chi connectivity index (χ2n) is 6.37. The molecule has 1 saturated heterocycles. The molecule has 0 spiro atoms. The summed E-state index contributed by atoms with van der Waals surface area (Å²) in [5.41, 5.74) is 1.88. The number of nitrogens with one attached hydrogen (secondary N) is 1. The number of aromatic amines is 1. The molecule has 1 N–H and O–H groups in total. The van der Waals surface area contributed by atoms with Gasteiger partial charge in [-0.3, -0.25) is 4.79 Å². The largest absolute Gasteiger partial charge is 0.389 e. The number of hydrogen-bond acceptors (Lipinski definition) is 2. The van der Waals surface area contributed by atoms with E-state index in [1.165, 1.54) is 0 Å². The number of hydrogen-bond donors (Lipinski definition) is 1. The molecule has 130 valence electrons. The third-order valence-electron chi connectivity index (χ3n) is 4.41. The first-order valence-electron chi connectivity index (χ1n) is 8.19. The number of aromatic nitrogens is 2. The molecule has 1 aliphatic heterocycles. The summed E-state index contributed by atoms with van der Waals surface area (Å²) in [5, 5.41) is 0. The molecule has 0 bridgehead atoms. The normalized spacial score (nSPS) is 19.0. The molecule has 3 rings (SSSR count). The molecular weight excluding hydrogens is 319 g/mol. The molecule has 1 aromatic heterocycles. The van der Waals surface area contributed by atoms with Gasteiger partial charge in [-0.05, 0) is 30.9 Å². The first-order valence-corrected chi connectivity index (χ1v) is 8.19. The van der Waals surface area contributed by atoms with Crippen LogP contribution in [0.5, 0.6) is 0 Å². The Kier molecular flexibility index (Phi) is 4.78. The van der Waals surface area contributed by atoms with Gasteiger partial charge in [0, 0.05) is 25.9 Å². The van der Waals surface area contributed by atoms with Crippen molar-refractivity contribution in [3.63, 3.8) is 0 Å². The first-order chi connectivity index (χ1) is 11.4. The van der Waals surface area contributed by atoms with Crippen molar-refractivity contribution < 1.29 is 18.0 Å². The monoisotopic (exact) mass is 339 g/mol. The maximum absolute atomic E-state index is 12.3. The number of halogens is 3. The first kappa shape index (κ1) is 16.8. The third-order valence-corrected chi connectivity index (χ3v) is 4.41. The van der Waals surface area contributed by atoms with E-state index in [1.807, 2.05) is 24.3 Å². The lowest BCUT2D eigenvalue weighted by molar-refractivity contribution is -0.150. The number of rotatable bonds is 4. The molecule has 4 nitrogen and oxygen atoms in total. The number of piperidine rings is 1.